The van der Waals surface area contributed by atoms with Crippen molar-refractivity contribution in [3.8, 4) is 11.1 Å². The predicted octanol–water partition coefficient (Wildman–Crippen LogP) is 4.61. The van der Waals surface area contributed by atoms with Crippen molar-refractivity contribution in [1.82, 2.24) is 4.31 Å². The van der Waals surface area contributed by atoms with E-state index in [1.165, 1.54) is 40.7 Å². The molecule has 2 aromatic rings. The Morgan fingerprint density at radius 2 is 1.20 bits per heavy atom. The van der Waals surface area contributed by atoms with Crippen LogP contribution in [0, 0.1) is 11.8 Å². The van der Waals surface area contributed by atoms with Crippen LogP contribution in [0.4, 0.5) is 0 Å². The Morgan fingerprint density at radius 1 is 0.800 bits per heavy atom. The number of hydrogen-bond acceptors (Lipinski definition) is 4. The van der Waals surface area contributed by atoms with Gasteiger partial charge in [0.05, 0.1) is 9.79 Å². The summed E-state index contributed by atoms with van der Waals surface area (Å²) < 4.78 is 53.0. The van der Waals surface area contributed by atoms with E-state index in [-0.39, 0.29) is 42.8 Å². The fourth-order valence-corrected chi connectivity index (χ4v) is 6.36. The fraction of sp³-hybridized carbons (Fsp3) is 0.400. The maximum Gasteiger partial charge on any atom is 0.243 e. The summed E-state index contributed by atoms with van der Waals surface area (Å²) in [5.74, 6) is 0.188. The molecule has 166 valence electrons. The molecule has 0 unspecified atom stereocenters. The highest BCUT2D eigenvalue weighted by atomic mass is 35.5. The van der Waals surface area contributed by atoms with Gasteiger partial charge < -0.3 is 0 Å². The molecule has 0 aliphatic rings. The van der Waals surface area contributed by atoms with Crippen LogP contribution in [0.1, 0.15) is 27.7 Å². The van der Waals surface area contributed by atoms with Gasteiger partial charge in [0, 0.05) is 34.3 Å². The van der Waals surface area contributed by atoms with Crippen LogP contribution in [0.5, 0.6) is 0 Å². The zero-order valence-corrected chi connectivity index (χ0v) is 20.4. The van der Waals surface area contributed by atoms with E-state index in [9.17, 15) is 16.8 Å². The smallest absolute Gasteiger partial charge is 0.225 e. The summed E-state index contributed by atoms with van der Waals surface area (Å²) in [4.78, 5) is -0.337. The molecule has 0 aromatic heterocycles. The fourth-order valence-electron chi connectivity index (χ4n) is 3.11. The molecule has 0 saturated carbocycles. The Hall–Kier alpha value is -1.16. The molecule has 10 heteroatoms. The van der Waals surface area contributed by atoms with Crippen molar-refractivity contribution in [3.63, 3.8) is 0 Å². The van der Waals surface area contributed by atoms with Gasteiger partial charge >= 0.3 is 0 Å². The summed E-state index contributed by atoms with van der Waals surface area (Å²) in [5.41, 5.74) is 0.337. The monoisotopic (exact) mass is 492 g/mol. The highest BCUT2D eigenvalue weighted by Crippen LogP contribution is 2.36. The summed E-state index contributed by atoms with van der Waals surface area (Å²) in [7, 11) is -8.15. The quantitative estimate of drug-likeness (QED) is 0.581. The SMILES string of the molecule is CC(C)CN(CC(C)C)S(=O)(=O)c1cc(Cl)ccc1-c1ccc(Cl)cc1S(N)(=O)=O. The lowest BCUT2D eigenvalue weighted by Crippen LogP contribution is -2.37. The molecule has 2 rings (SSSR count). The van der Waals surface area contributed by atoms with Gasteiger partial charge in [-0.3, -0.25) is 0 Å². The third-order valence-corrected chi connectivity index (χ3v) is 7.53. The first-order valence-corrected chi connectivity index (χ1v) is 13.1. The molecule has 0 aliphatic carbocycles. The summed E-state index contributed by atoms with van der Waals surface area (Å²) in [6, 6.07) is 8.46. The van der Waals surface area contributed by atoms with Crippen molar-refractivity contribution >= 4 is 43.2 Å². The lowest BCUT2D eigenvalue weighted by molar-refractivity contribution is 0.333. The molecule has 6 nitrogen and oxygen atoms in total. The summed E-state index contributed by atoms with van der Waals surface area (Å²) >= 11 is 12.1. The number of nitrogens with two attached hydrogens (primary N) is 1. The van der Waals surface area contributed by atoms with E-state index in [4.69, 9.17) is 28.3 Å². The van der Waals surface area contributed by atoms with Crippen LogP contribution in [0.3, 0.4) is 0 Å². The van der Waals surface area contributed by atoms with E-state index < -0.39 is 20.0 Å². The molecule has 0 heterocycles. The summed E-state index contributed by atoms with van der Waals surface area (Å²) in [5, 5.41) is 5.76. The normalized spacial score (nSPS) is 12.9. The van der Waals surface area contributed by atoms with Gasteiger partial charge in [0.2, 0.25) is 20.0 Å². The molecule has 2 N–H and O–H groups in total. The Kier molecular flexibility index (Phi) is 7.99. The molecular weight excluding hydrogens is 467 g/mol. The maximum absolute atomic E-state index is 13.6. The number of primary sulfonamides is 1. The lowest BCUT2D eigenvalue weighted by atomic mass is 10.1. The maximum atomic E-state index is 13.6. The standard InChI is InChI=1S/C20H26Cl2N2O4S2/c1-13(2)11-24(12-14(3)4)30(27,28)20-10-16(22)6-8-18(20)17-7-5-15(21)9-19(17)29(23,25)26/h5-10,13-14H,11-12H2,1-4H3,(H2,23,25,26). The van der Waals surface area contributed by atoms with Gasteiger partial charge in [0.15, 0.2) is 0 Å². The molecule has 0 saturated heterocycles. The van der Waals surface area contributed by atoms with E-state index >= 15 is 0 Å². The number of halogens is 2. The van der Waals surface area contributed by atoms with Crippen molar-refractivity contribution in [3.05, 3.63) is 46.4 Å². The van der Waals surface area contributed by atoms with Crippen LogP contribution in [-0.2, 0) is 20.0 Å². The molecule has 0 fully saturated rings. The van der Waals surface area contributed by atoms with Crippen LogP contribution < -0.4 is 5.14 Å². The van der Waals surface area contributed by atoms with Crippen molar-refractivity contribution in [1.29, 1.82) is 0 Å². The first kappa shape index (κ1) is 25.1. The Morgan fingerprint density at radius 3 is 1.60 bits per heavy atom. The minimum Gasteiger partial charge on any atom is -0.225 e. The number of benzene rings is 2. The Bertz CT molecular complexity index is 1120. The number of hydrogen-bond donors (Lipinski definition) is 1. The average molecular weight is 493 g/mol. The van der Waals surface area contributed by atoms with Gasteiger partial charge in [-0.05, 0) is 36.1 Å². The van der Waals surface area contributed by atoms with Crippen LogP contribution in [0.15, 0.2) is 46.2 Å². The lowest BCUT2D eigenvalue weighted by Gasteiger charge is -2.27. The van der Waals surface area contributed by atoms with E-state index in [0.717, 1.165) is 0 Å². The largest absolute Gasteiger partial charge is 0.243 e. The van der Waals surface area contributed by atoms with Crippen LogP contribution in [0.2, 0.25) is 10.0 Å². The highest BCUT2D eigenvalue weighted by Gasteiger charge is 2.30. The Balaban J connectivity index is 2.81. The zero-order chi connectivity index (χ0) is 22.9. The Labute approximate surface area is 189 Å². The van der Waals surface area contributed by atoms with Gasteiger partial charge in [-0.2, -0.15) is 4.31 Å². The first-order chi connectivity index (χ1) is 13.7. The van der Waals surface area contributed by atoms with Gasteiger partial charge in [-0.25, -0.2) is 22.0 Å². The van der Waals surface area contributed by atoms with E-state index in [0.29, 0.717) is 13.1 Å². The van der Waals surface area contributed by atoms with Gasteiger partial charge in [-0.1, -0.05) is 63.0 Å². The number of nitrogens with zero attached hydrogens (tertiary/aromatic N) is 1. The van der Waals surface area contributed by atoms with E-state index in [1.54, 1.807) is 0 Å². The molecule has 0 radical (unpaired) electrons. The average Bonchev–Trinajstić information content (AvgIpc) is 2.59. The topological polar surface area (TPSA) is 97.5 Å². The first-order valence-electron chi connectivity index (χ1n) is 9.36. The van der Waals surface area contributed by atoms with Crippen molar-refractivity contribution in [2.24, 2.45) is 17.0 Å². The van der Waals surface area contributed by atoms with E-state index in [2.05, 4.69) is 0 Å². The predicted molar refractivity (Wildman–Crippen MR) is 122 cm³/mol. The second-order valence-electron chi connectivity index (χ2n) is 7.94. The molecule has 0 aliphatic heterocycles. The van der Waals surface area contributed by atoms with Crippen molar-refractivity contribution in [2.45, 2.75) is 37.5 Å². The second-order valence-corrected chi connectivity index (χ2v) is 12.2. The van der Waals surface area contributed by atoms with Crippen molar-refractivity contribution in [2.75, 3.05) is 13.1 Å². The number of rotatable bonds is 8. The van der Waals surface area contributed by atoms with Gasteiger partial charge in [-0.15, -0.1) is 0 Å². The zero-order valence-electron chi connectivity index (χ0n) is 17.3. The third kappa shape index (κ3) is 5.96. The summed E-state index contributed by atoms with van der Waals surface area (Å²) in [6.45, 7) is 8.35. The molecule has 30 heavy (non-hydrogen) atoms. The molecule has 0 spiro atoms. The summed E-state index contributed by atoms with van der Waals surface area (Å²) in [6.07, 6.45) is 0. The molecular formula is C20H26Cl2N2O4S2. The minimum absolute atomic E-state index is 0.0801. The molecule has 2 aromatic carbocycles. The highest BCUT2D eigenvalue weighted by molar-refractivity contribution is 7.89. The van der Waals surface area contributed by atoms with Gasteiger partial charge in [0.25, 0.3) is 0 Å². The number of sulfonamides is 2. The molecule has 0 bridgehead atoms. The van der Waals surface area contributed by atoms with Crippen LogP contribution in [-0.4, -0.2) is 34.2 Å². The van der Waals surface area contributed by atoms with Crippen LogP contribution in [0.25, 0.3) is 11.1 Å². The van der Waals surface area contributed by atoms with Gasteiger partial charge in [0.1, 0.15) is 0 Å². The second kappa shape index (κ2) is 9.54. The molecule has 0 atom stereocenters. The third-order valence-electron chi connectivity index (χ3n) is 4.24. The van der Waals surface area contributed by atoms with Crippen molar-refractivity contribution < 1.29 is 16.8 Å². The molecule has 0 amide bonds. The minimum atomic E-state index is -4.16. The van der Waals surface area contributed by atoms with Crippen LogP contribution >= 0.6 is 23.2 Å². The van der Waals surface area contributed by atoms with E-state index in [1.807, 2.05) is 27.7 Å².